The van der Waals surface area contributed by atoms with Gasteiger partial charge in [0.25, 0.3) is 5.79 Å². The van der Waals surface area contributed by atoms with Gasteiger partial charge >= 0.3 is 0 Å². The molecule has 0 atom stereocenters. The third-order valence-corrected chi connectivity index (χ3v) is 0.400. The van der Waals surface area contributed by atoms with Crippen LogP contribution >= 0.6 is 0 Å². The Morgan fingerprint density at radius 1 is 1.57 bits per heavy atom. The first-order valence-corrected chi connectivity index (χ1v) is 1.59. The van der Waals surface area contributed by atoms with E-state index in [0.717, 1.165) is 6.07 Å². The summed E-state index contributed by atoms with van der Waals surface area (Å²) in [4.78, 5) is 0. The molecule has 0 rings (SSSR count). The minimum Gasteiger partial charge on any atom is -0.390 e. The second kappa shape index (κ2) is 1.89. The van der Waals surface area contributed by atoms with Gasteiger partial charge < -0.3 is 15.3 Å². The fraction of sp³-hybridized carbons (Fsp3) is 0.667. The smallest absolute Gasteiger partial charge is 0.278 e. The highest BCUT2D eigenvalue weighted by Crippen LogP contribution is 1.90. The van der Waals surface area contributed by atoms with Gasteiger partial charge in [-0.15, -0.1) is 0 Å². The van der Waals surface area contributed by atoms with Crippen LogP contribution in [0.25, 0.3) is 0 Å². The maximum atomic E-state index is 8.08. The largest absolute Gasteiger partial charge is 0.390 e. The third kappa shape index (κ3) is 2.11. The Hall–Kier alpha value is -0.630. The van der Waals surface area contributed by atoms with Crippen molar-refractivity contribution in [1.29, 1.82) is 5.26 Å². The van der Waals surface area contributed by atoms with Gasteiger partial charge in [-0.1, -0.05) is 0 Å². The number of rotatable bonds is 1. The van der Waals surface area contributed by atoms with Crippen molar-refractivity contribution >= 4 is 0 Å². The summed E-state index contributed by atoms with van der Waals surface area (Å²) in [5.41, 5.74) is 0. The van der Waals surface area contributed by atoms with Gasteiger partial charge in [-0.25, -0.2) is 0 Å². The molecule has 0 aromatic carbocycles. The average molecular weight is 103 g/mol. The second-order valence-corrected chi connectivity index (χ2v) is 1.09. The Kier molecular flexibility index (Phi) is 1.72. The zero-order chi connectivity index (χ0) is 5.91. The summed E-state index contributed by atoms with van der Waals surface area (Å²) in [6, 6.07) is 1.05. The van der Waals surface area contributed by atoms with Gasteiger partial charge in [0, 0.05) is 0 Å². The van der Waals surface area contributed by atoms with Crippen molar-refractivity contribution in [3.8, 4) is 6.07 Å². The number of hydrogen-bond donors (Lipinski definition) is 3. The quantitative estimate of drug-likeness (QED) is 0.269. The molecule has 0 bridgehead atoms. The highest BCUT2D eigenvalue weighted by Gasteiger charge is 2.19. The van der Waals surface area contributed by atoms with Crippen molar-refractivity contribution in [1.82, 2.24) is 0 Å². The molecule has 3 N–H and O–H groups in total. The molecule has 0 unspecified atom stereocenters. The van der Waals surface area contributed by atoms with Crippen LogP contribution in [0.5, 0.6) is 0 Å². The zero-order valence-electron chi connectivity index (χ0n) is 3.50. The molecule has 0 fully saturated rings. The third-order valence-electron chi connectivity index (χ3n) is 0.400. The Morgan fingerprint density at radius 3 is 2.00 bits per heavy atom. The molecule has 40 valence electrons. The number of aliphatic hydroxyl groups is 3. The molecule has 7 heavy (non-hydrogen) atoms. The SMILES string of the molecule is N#CC(O)(O)CO. The molecule has 0 aliphatic carbocycles. The molecule has 4 nitrogen and oxygen atoms in total. The standard InChI is InChI=1S/C3H5NO3/c4-1-3(6,7)2-5/h5-7H,2H2. The van der Waals surface area contributed by atoms with Crippen molar-refractivity contribution in [3.05, 3.63) is 0 Å². The number of hydrogen-bond acceptors (Lipinski definition) is 4. The first-order chi connectivity index (χ1) is 3.12. The fourth-order valence-corrected chi connectivity index (χ4v) is 0.0354. The summed E-state index contributed by atoms with van der Waals surface area (Å²) in [5, 5.41) is 31.7. The van der Waals surface area contributed by atoms with Crippen molar-refractivity contribution in [3.63, 3.8) is 0 Å². The minimum atomic E-state index is -2.56. The van der Waals surface area contributed by atoms with Crippen LogP contribution in [0, 0.1) is 11.3 Å². The van der Waals surface area contributed by atoms with Crippen LogP contribution in [0.3, 0.4) is 0 Å². The summed E-state index contributed by atoms with van der Waals surface area (Å²) in [6.07, 6.45) is 0. The molecule has 0 radical (unpaired) electrons. The van der Waals surface area contributed by atoms with E-state index in [1.165, 1.54) is 0 Å². The Balaban J connectivity index is 3.66. The van der Waals surface area contributed by atoms with Gasteiger partial charge in [0.2, 0.25) is 0 Å². The Bertz CT molecular complexity index is 92.8. The molecule has 0 aromatic heterocycles. The lowest BCUT2D eigenvalue weighted by atomic mass is 10.3. The van der Waals surface area contributed by atoms with Gasteiger partial charge in [0.05, 0.1) is 0 Å². The van der Waals surface area contributed by atoms with Crippen molar-refractivity contribution in [2.45, 2.75) is 5.79 Å². The molecule has 0 saturated carbocycles. The molecule has 0 saturated heterocycles. The number of aliphatic hydroxyl groups excluding tert-OH is 1. The maximum Gasteiger partial charge on any atom is 0.278 e. The average Bonchev–Trinajstić information content (AvgIpc) is 1.68. The van der Waals surface area contributed by atoms with Crippen LogP contribution in [0.4, 0.5) is 0 Å². The van der Waals surface area contributed by atoms with Gasteiger partial charge in [-0.2, -0.15) is 5.26 Å². The molecular formula is C3H5NO3. The summed E-state index contributed by atoms with van der Waals surface area (Å²) in [6.45, 7) is -0.955. The maximum absolute atomic E-state index is 8.08. The van der Waals surface area contributed by atoms with Gasteiger partial charge in [-0.3, -0.25) is 0 Å². The van der Waals surface area contributed by atoms with Gasteiger partial charge in [0.15, 0.2) is 0 Å². The molecule has 0 spiro atoms. The van der Waals surface area contributed by atoms with E-state index in [9.17, 15) is 0 Å². The number of nitriles is 1. The van der Waals surface area contributed by atoms with Crippen LogP contribution in [0.2, 0.25) is 0 Å². The first kappa shape index (κ1) is 6.37. The summed E-state index contributed by atoms with van der Waals surface area (Å²) in [5.74, 6) is -2.56. The number of nitrogens with zero attached hydrogens (tertiary/aromatic N) is 1. The van der Waals surface area contributed by atoms with E-state index < -0.39 is 12.4 Å². The molecule has 0 aliphatic rings. The lowest BCUT2D eigenvalue weighted by Crippen LogP contribution is -2.29. The van der Waals surface area contributed by atoms with Gasteiger partial charge in [0.1, 0.15) is 12.7 Å². The molecule has 0 aromatic rings. The van der Waals surface area contributed by atoms with Crippen LogP contribution in [-0.4, -0.2) is 27.7 Å². The summed E-state index contributed by atoms with van der Waals surface area (Å²) >= 11 is 0. The van der Waals surface area contributed by atoms with Crippen LogP contribution in [0.15, 0.2) is 0 Å². The zero-order valence-corrected chi connectivity index (χ0v) is 3.50. The van der Waals surface area contributed by atoms with Crippen LogP contribution in [0.1, 0.15) is 0 Å². The van der Waals surface area contributed by atoms with E-state index in [2.05, 4.69) is 0 Å². The molecular weight excluding hydrogens is 98.0 g/mol. The second-order valence-electron chi connectivity index (χ2n) is 1.09. The van der Waals surface area contributed by atoms with E-state index >= 15 is 0 Å². The summed E-state index contributed by atoms with van der Waals surface area (Å²) < 4.78 is 0. The van der Waals surface area contributed by atoms with E-state index in [0.29, 0.717) is 0 Å². The minimum absolute atomic E-state index is 0.955. The monoisotopic (exact) mass is 103 g/mol. The van der Waals surface area contributed by atoms with Crippen molar-refractivity contribution in [2.75, 3.05) is 6.61 Å². The van der Waals surface area contributed by atoms with Crippen LogP contribution in [-0.2, 0) is 0 Å². The molecule has 0 heterocycles. The van der Waals surface area contributed by atoms with E-state index in [1.54, 1.807) is 0 Å². The highest BCUT2D eigenvalue weighted by atomic mass is 16.5. The topological polar surface area (TPSA) is 84.5 Å². The molecule has 0 aliphatic heterocycles. The van der Waals surface area contributed by atoms with E-state index in [1.807, 2.05) is 0 Å². The molecule has 4 heteroatoms. The lowest BCUT2D eigenvalue weighted by molar-refractivity contribution is -0.140. The van der Waals surface area contributed by atoms with E-state index in [4.69, 9.17) is 20.6 Å². The Labute approximate surface area is 40.2 Å². The lowest BCUT2D eigenvalue weighted by Gasteiger charge is -2.05. The van der Waals surface area contributed by atoms with E-state index in [-0.39, 0.29) is 0 Å². The first-order valence-electron chi connectivity index (χ1n) is 1.59. The predicted molar refractivity (Wildman–Crippen MR) is 19.9 cm³/mol. The predicted octanol–water partition coefficient (Wildman–Crippen LogP) is -1.82. The normalized spacial score (nSPS) is 10.6. The van der Waals surface area contributed by atoms with Crippen molar-refractivity contribution in [2.24, 2.45) is 0 Å². The summed E-state index contributed by atoms with van der Waals surface area (Å²) in [7, 11) is 0. The highest BCUT2D eigenvalue weighted by molar-refractivity contribution is 4.88. The fourth-order valence-electron chi connectivity index (χ4n) is 0.0354. The Morgan fingerprint density at radius 2 is 2.00 bits per heavy atom. The molecule has 0 amide bonds. The van der Waals surface area contributed by atoms with Crippen LogP contribution < -0.4 is 0 Å². The van der Waals surface area contributed by atoms with Gasteiger partial charge in [-0.05, 0) is 0 Å². The van der Waals surface area contributed by atoms with Crippen molar-refractivity contribution < 1.29 is 15.3 Å².